The van der Waals surface area contributed by atoms with Crippen molar-refractivity contribution in [1.29, 1.82) is 0 Å². The van der Waals surface area contributed by atoms with Gasteiger partial charge in [-0.25, -0.2) is 9.97 Å². The van der Waals surface area contributed by atoms with Crippen molar-refractivity contribution in [2.45, 2.75) is 19.4 Å². The second-order valence-corrected chi connectivity index (χ2v) is 8.25. The van der Waals surface area contributed by atoms with E-state index >= 15 is 0 Å². The van der Waals surface area contributed by atoms with E-state index in [-0.39, 0.29) is 5.91 Å². The number of nitrogens with one attached hydrogen (secondary N) is 3. The summed E-state index contributed by atoms with van der Waals surface area (Å²) in [7, 11) is 0. The van der Waals surface area contributed by atoms with Gasteiger partial charge in [-0.15, -0.1) is 0 Å². The zero-order chi connectivity index (χ0) is 24.8. The van der Waals surface area contributed by atoms with E-state index in [0.717, 1.165) is 30.9 Å². The van der Waals surface area contributed by atoms with Crippen LogP contribution in [-0.2, 0) is 13.0 Å². The average Bonchev–Trinajstić information content (AvgIpc) is 3.45. The number of benzene rings is 2. The molecule has 0 bridgehead atoms. The fourth-order valence-corrected chi connectivity index (χ4v) is 3.72. The number of carbonyl (C=O) groups excluding carboxylic acids is 1. The Bertz CT molecular complexity index is 1200. The number of aromatic amines is 1. The van der Waals surface area contributed by atoms with E-state index in [2.05, 4.69) is 47.6 Å². The van der Waals surface area contributed by atoms with Gasteiger partial charge in [0.1, 0.15) is 5.82 Å². The third-order valence-corrected chi connectivity index (χ3v) is 5.56. The SMILES string of the molecule is O=C(NC(=NCCCc1cnc[nH]1)NCCN(Cc1ccccc1)c1ccccn1)c1ccccc1. The van der Waals surface area contributed by atoms with Crippen LogP contribution in [0.25, 0.3) is 0 Å². The highest BCUT2D eigenvalue weighted by Gasteiger charge is 2.11. The largest absolute Gasteiger partial charge is 0.354 e. The van der Waals surface area contributed by atoms with Crippen molar-refractivity contribution in [3.63, 3.8) is 0 Å². The normalized spacial score (nSPS) is 11.2. The molecule has 0 radical (unpaired) electrons. The molecule has 0 atom stereocenters. The Morgan fingerprint density at radius 2 is 1.75 bits per heavy atom. The first-order chi connectivity index (χ1) is 17.8. The summed E-state index contributed by atoms with van der Waals surface area (Å²) in [6.07, 6.45) is 6.97. The van der Waals surface area contributed by atoms with Crippen molar-refractivity contribution in [3.05, 3.63) is 114 Å². The van der Waals surface area contributed by atoms with Gasteiger partial charge >= 0.3 is 0 Å². The summed E-state index contributed by atoms with van der Waals surface area (Å²) >= 11 is 0. The molecule has 4 rings (SSSR count). The third-order valence-electron chi connectivity index (χ3n) is 5.56. The van der Waals surface area contributed by atoms with Gasteiger partial charge in [0.2, 0.25) is 0 Å². The molecule has 0 aliphatic rings. The summed E-state index contributed by atoms with van der Waals surface area (Å²) in [5.74, 6) is 1.17. The van der Waals surface area contributed by atoms with Gasteiger partial charge < -0.3 is 15.2 Å². The van der Waals surface area contributed by atoms with E-state index in [4.69, 9.17) is 0 Å². The Labute approximate surface area is 211 Å². The van der Waals surface area contributed by atoms with E-state index < -0.39 is 0 Å². The molecule has 0 spiro atoms. The van der Waals surface area contributed by atoms with Crippen LogP contribution < -0.4 is 15.5 Å². The minimum atomic E-state index is -0.193. The first kappa shape index (κ1) is 24.7. The smallest absolute Gasteiger partial charge is 0.257 e. The molecule has 0 fully saturated rings. The van der Waals surface area contributed by atoms with E-state index in [1.807, 2.05) is 60.8 Å². The molecule has 8 heteroatoms. The molecule has 1 amide bonds. The summed E-state index contributed by atoms with van der Waals surface area (Å²) in [5.41, 5.74) is 2.86. The highest BCUT2D eigenvalue weighted by Crippen LogP contribution is 2.13. The summed E-state index contributed by atoms with van der Waals surface area (Å²) in [5, 5.41) is 6.26. The van der Waals surface area contributed by atoms with Crippen LogP contribution in [0.4, 0.5) is 5.82 Å². The second-order valence-electron chi connectivity index (χ2n) is 8.25. The number of H-pyrrole nitrogens is 1. The van der Waals surface area contributed by atoms with E-state index in [1.165, 1.54) is 5.56 Å². The molecule has 2 heterocycles. The lowest BCUT2D eigenvalue weighted by Gasteiger charge is -2.24. The standard InChI is InChI=1S/C28H31N7O/c36-27(24-12-5-2-6-13-24)34-28(31-17-9-14-25-20-29-22-33-25)32-18-19-35(26-15-7-8-16-30-26)21-23-10-3-1-4-11-23/h1-8,10-13,15-16,20,22H,9,14,17-19,21H2,(H,29,33)(H2,31,32,34,36). The van der Waals surface area contributed by atoms with Gasteiger partial charge in [-0.1, -0.05) is 54.6 Å². The number of guanidine groups is 1. The van der Waals surface area contributed by atoms with Gasteiger partial charge in [-0.05, 0) is 42.7 Å². The molecule has 0 saturated heterocycles. The summed E-state index contributed by atoms with van der Waals surface area (Å²) in [4.78, 5) is 31.3. The molecule has 0 unspecified atom stereocenters. The van der Waals surface area contributed by atoms with Gasteiger partial charge in [-0.2, -0.15) is 0 Å². The Kier molecular flexibility index (Phi) is 9.20. The third kappa shape index (κ3) is 7.80. The molecule has 0 saturated carbocycles. The maximum Gasteiger partial charge on any atom is 0.257 e. The highest BCUT2D eigenvalue weighted by atomic mass is 16.1. The van der Waals surface area contributed by atoms with Crippen LogP contribution in [0.1, 0.15) is 28.0 Å². The average molecular weight is 482 g/mol. The van der Waals surface area contributed by atoms with Crippen LogP contribution in [0.3, 0.4) is 0 Å². The van der Waals surface area contributed by atoms with Crippen LogP contribution in [0.5, 0.6) is 0 Å². The number of aromatic nitrogens is 3. The van der Waals surface area contributed by atoms with Gasteiger partial charge in [0, 0.05) is 49.8 Å². The minimum absolute atomic E-state index is 0.193. The zero-order valence-electron chi connectivity index (χ0n) is 20.2. The molecule has 8 nitrogen and oxygen atoms in total. The van der Waals surface area contributed by atoms with Crippen molar-refractivity contribution < 1.29 is 4.79 Å². The van der Waals surface area contributed by atoms with Crippen molar-refractivity contribution in [2.24, 2.45) is 4.99 Å². The number of aryl methyl sites for hydroxylation is 1. The quantitative estimate of drug-likeness (QED) is 0.172. The van der Waals surface area contributed by atoms with E-state index in [9.17, 15) is 4.79 Å². The molecule has 184 valence electrons. The number of nitrogens with zero attached hydrogens (tertiary/aromatic N) is 4. The van der Waals surface area contributed by atoms with Crippen LogP contribution in [-0.4, -0.2) is 46.5 Å². The maximum atomic E-state index is 12.8. The zero-order valence-corrected chi connectivity index (χ0v) is 20.2. The van der Waals surface area contributed by atoms with Crippen molar-refractivity contribution in [2.75, 3.05) is 24.5 Å². The number of pyridine rings is 1. The first-order valence-electron chi connectivity index (χ1n) is 12.1. The number of imidazole rings is 1. The molecule has 0 aliphatic heterocycles. The van der Waals surface area contributed by atoms with Crippen molar-refractivity contribution in [1.82, 2.24) is 25.6 Å². The number of carbonyl (C=O) groups is 1. The molecule has 2 aromatic carbocycles. The Hall–Kier alpha value is -4.46. The number of hydrogen-bond acceptors (Lipinski definition) is 5. The van der Waals surface area contributed by atoms with Crippen LogP contribution in [0.15, 0.2) is 103 Å². The molecule has 3 N–H and O–H groups in total. The topological polar surface area (TPSA) is 98.3 Å². The van der Waals surface area contributed by atoms with E-state index in [0.29, 0.717) is 31.2 Å². The predicted octanol–water partition coefficient (Wildman–Crippen LogP) is 3.82. The number of aliphatic imine (C=N–C) groups is 1. The molecule has 4 aromatic rings. The maximum absolute atomic E-state index is 12.8. The fourth-order valence-electron chi connectivity index (χ4n) is 3.72. The van der Waals surface area contributed by atoms with E-state index in [1.54, 1.807) is 24.7 Å². The number of hydrogen-bond donors (Lipinski definition) is 3. The second kappa shape index (κ2) is 13.4. The van der Waals surface area contributed by atoms with Gasteiger partial charge in [0.15, 0.2) is 5.96 Å². The summed E-state index contributed by atoms with van der Waals surface area (Å²) in [6, 6.07) is 25.4. The lowest BCUT2D eigenvalue weighted by molar-refractivity contribution is 0.0975. The monoisotopic (exact) mass is 481 g/mol. The minimum Gasteiger partial charge on any atom is -0.354 e. The molecular weight excluding hydrogens is 450 g/mol. The Morgan fingerprint density at radius 3 is 2.47 bits per heavy atom. The molecule has 0 aliphatic carbocycles. The Morgan fingerprint density at radius 1 is 0.972 bits per heavy atom. The summed E-state index contributed by atoms with van der Waals surface area (Å²) in [6.45, 7) is 2.56. The number of amides is 1. The summed E-state index contributed by atoms with van der Waals surface area (Å²) < 4.78 is 0. The molecular formula is C28H31N7O. The Balaban J connectivity index is 1.39. The van der Waals surface area contributed by atoms with Gasteiger partial charge in [0.25, 0.3) is 5.91 Å². The molecule has 2 aromatic heterocycles. The predicted molar refractivity (Wildman–Crippen MR) is 143 cm³/mol. The van der Waals surface area contributed by atoms with Gasteiger partial charge in [-0.3, -0.25) is 15.1 Å². The van der Waals surface area contributed by atoms with Crippen LogP contribution >= 0.6 is 0 Å². The lowest BCUT2D eigenvalue weighted by atomic mass is 10.2. The highest BCUT2D eigenvalue weighted by molar-refractivity contribution is 6.05. The number of rotatable bonds is 11. The van der Waals surface area contributed by atoms with Crippen molar-refractivity contribution >= 4 is 17.7 Å². The lowest BCUT2D eigenvalue weighted by Crippen LogP contribution is -2.44. The number of anilines is 1. The van der Waals surface area contributed by atoms with Crippen molar-refractivity contribution in [3.8, 4) is 0 Å². The van der Waals surface area contributed by atoms with Crippen LogP contribution in [0, 0.1) is 0 Å². The van der Waals surface area contributed by atoms with Gasteiger partial charge in [0.05, 0.1) is 6.33 Å². The molecule has 36 heavy (non-hydrogen) atoms. The first-order valence-corrected chi connectivity index (χ1v) is 12.1. The fraction of sp³-hybridized carbons (Fsp3) is 0.214. The van der Waals surface area contributed by atoms with Crippen LogP contribution in [0.2, 0.25) is 0 Å².